The van der Waals surface area contributed by atoms with Gasteiger partial charge in [-0.3, -0.25) is 0 Å². The zero-order chi connectivity index (χ0) is 7.40. The monoisotopic (exact) mass is 137 g/mol. The average Bonchev–Trinajstić information content (AvgIpc) is 1.88. The Morgan fingerprint density at radius 2 is 2.40 bits per heavy atom. The lowest BCUT2D eigenvalue weighted by Gasteiger charge is -1.88. The lowest BCUT2D eigenvalue weighted by molar-refractivity contribution is 0.962. The first-order chi connectivity index (χ1) is 4.79. The molecule has 0 spiro atoms. The number of nitrogens with zero attached hydrogens (tertiary/aromatic N) is 4. The van der Waals surface area contributed by atoms with Crippen molar-refractivity contribution in [3.63, 3.8) is 0 Å². The summed E-state index contributed by atoms with van der Waals surface area (Å²) in [6.45, 7) is 1.66. The van der Waals surface area contributed by atoms with Gasteiger partial charge in [-0.1, -0.05) is 0 Å². The second-order valence-corrected chi connectivity index (χ2v) is 1.70. The molecule has 0 saturated carbocycles. The molecule has 5 heteroatoms. The molecule has 0 fully saturated rings. The van der Waals surface area contributed by atoms with E-state index >= 15 is 0 Å². The summed E-state index contributed by atoms with van der Waals surface area (Å²) in [5.41, 5.74) is 5.27. The molecule has 1 aromatic heterocycles. The first kappa shape index (κ1) is 6.60. The largest absolute Gasteiger partial charge is 0.387 e. The lowest BCUT2D eigenvalue weighted by atomic mass is 10.7. The van der Waals surface area contributed by atoms with Gasteiger partial charge in [0.25, 0.3) is 5.95 Å². The van der Waals surface area contributed by atoms with E-state index in [4.69, 9.17) is 5.73 Å². The molecule has 0 aliphatic rings. The standard InChI is InChI=1S/C5H7N5/c1-4(6)9-5-7-2-3-8-10-5/h2-3H,1H3,(H2,6,7,9,10). The summed E-state index contributed by atoms with van der Waals surface area (Å²) in [5, 5.41) is 7.15. The highest BCUT2D eigenvalue weighted by molar-refractivity contribution is 5.79. The number of aliphatic imine (C=N–C) groups is 1. The Kier molecular flexibility index (Phi) is 1.89. The highest BCUT2D eigenvalue weighted by atomic mass is 15.2. The highest BCUT2D eigenvalue weighted by Crippen LogP contribution is 1.95. The van der Waals surface area contributed by atoms with E-state index in [0.29, 0.717) is 11.8 Å². The number of rotatable bonds is 1. The van der Waals surface area contributed by atoms with Crippen molar-refractivity contribution in [2.75, 3.05) is 0 Å². The van der Waals surface area contributed by atoms with Crippen LogP contribution in [0.25, 0.3) is 0 Å². The fourth-order valence-corrected chi connectivity index (χ4v) is 0.450. The van der Waals surface area contributed by atoms with Crippen LogP contribution in [-0.2, 0) is 0 Å². The van der Waals surface area contributed by atoms with Gasteiger partial charge in [-0.15, -0.1) is 5.10 Å². The van der Waals surface area contributed by atoms with E-state index in [2.05, 4.69) is 20.2 Å². The van der Waals surface area contributed by atoms with Crippen molar-refractivity contribution in [3.8, 4) is 0 Å². The van der Waals surface area contributed by atoms with Crippen LogP contribution in [-0.4, -0.2) is 21.0 Å². The van der Waals surface area contributed by atoms with Crippen molar-refractivity contribution in [1.29, 1.82) is 0 Å². The Bertz CT molecular complexity index is 225. The molecule has 0 bridgehead atoms. The van der Waals surface area contributed by atoms with Gasteiger partial charge in [0.1, 0.15) is 0 Å². The molecule has 0 aliphatic heterocycles. The fourth-order valence-electron chi connectivity index (χ4n) is 0.450. The van der Waals surface area contributed by atoms with Crippen LogP contribution in [0.5, 0.6) is 0 Å². The Hall–Kier alpha value is -1.52. The minimum atomic E-state index is 0.294. The molecule has 5 nitrogen and oxygen atoms in total. The number of amidine groups is 1. The molecular weight excluding hydrogens is 130 g/mol. The molecule has 0 radical (unpaired) electrons. The molecule has 1 heterocycles. The Balaban J connectivity index is 2.87. The molecule has 52 valence electrons. The van der Waals surface area contributed by atoms with Gasteiger partial charge in [0.2, 0.25) is 0 Å². The zero-order valence-corrected chi connectivity index (χ0v) is 5.52. The van der Waals surface area contributed by atoms with Gasteiger partial charge >= 0.3 is 0 Å². The van der Waals surface area contributed by atoms with Gasteiger partial charge in [0, 0.05) is 0 Å². The maximum Gasteiger partial charge on any atom is 0.270 e. The van der Waals surface area contributed by atoms with E-state index in [0.717, 1.165) is 0 Å². The van der Waals surface area contributed by atoms with Crippen molar-refractivity contribution in [2.24, 2.45) is 10.7 Å². The molecule has 0 unspecified atom stereocenters. The van der Waals surface area contributed by atoms with Crippen LogP contribution in [0.1, 0.15) is 6.92 Å². The minimum Gasteiger partial charge on any atom is -0.387 e. The van der Waals surface area contributed by atoms with Gasteiger partial charge in [0.15, 0.2) is 0 Å². The van der Waals surface area contributed by atoms with Crippen molar-refractivity contribution in [3.05, 3.63) is 12.4 Å². The number of aromatic nitrogens is 3. The van der Waals surface area contributed by atoms with E-state index in [1.54, 1.807) is 6.92 Å². The van der Waals surface area contributed by atoms with Gasteiger partial charge in [-0.2, -0.15) is 10.1 Å². The highest BCUT2D eigenvalue weighted by Gasteiger charge is 1.88. The molecule has 0 aromatic carbocycles. The Labute approximate surface area is 58.0 Å². The molecule has 0 aliphatic carbocycles. The van der Waals surface area contributed by atoms with E-state index in [1.807, 2.05) is 0 Å². The zero-order valence-electron chi connectivity index (χ0n) is 5.52. The van der Waals surface area contributed by atoms with E-state index < -0.39 is 0 Å². The van der Waals surface area contributed by atoms with Crippen molar-refractivity contribution in [1.82, 2.24) is 15.2 Å². The summed E-state index contributed by atoms with van der Waals surface area (Å²) in [5.74, 6) is 0.718. The van der Waals surface area contributed by atoms with Gasteiger partial charge in [-0.05, 0) is 6.92 Å². The van der Waals surface area contributed by atoms with Gasteiger partial charge < -0.3 is 5.73 Å². The van der Waals surface area contributed by atoms with Gasteiger partial charge in [-0.25, -0.2) is 4.98 Å². The Morgan fingerprint density at radius 1 is 1.60 bits per heavy atom. The summed E-state index contributed by atoms with van der Waals surface area (Å²) in [6, 6.07) is 0. The number of hydrogen-bond donors (Lipinski definition) is 1. The van der Waals surface area contributed by atoms with Crippen molar-refractivity contribution in [2.45, 2.75) is 6.92 Å². The predicted octanol–water partition coefficient (Wildman–Crippen LogP) is -0.120. The van der Waals surface area contributed by atoms with Crippen LogP contribution in [0, 0.1) is 0 Å². The topological polar surface area (TPSA) is 77.0 Å². The summed E-state index contributed by atoms with van der Waals surface area (Å²) >= 11 is 0. The van der Waals surface area contributed by atoms with Crippen LogP contribution in [0.3, 0.4) is 0 Å². The fraction of sp³-hybridized carbons (Fsp3) is 0.200. The van der Waals surface area contributed by atoms with Crippen LogP contribution in [0.15, 0.2) is 17.4 Å². The van der Waals surface area contributed by atoms with Crippen LogP contribution < -0.4 is 5.73 Å². The average molecular weight is 137 g/mol. The first-order valence-electron chi connectivity index (χ1n) is 2.73. The molecule has 0 amide bonds. The number of hydrogen-bond acceptors (Lipinski definition) is 4. The molecule has 0 atom stereocenters. The predicted molar refractivity (Wildman–Crippen MR) is 36.8 cm³/mol. The molecule has 2 N–H and O–H groups in total. The van der Waals surface area contributed by atoms with Crippen LogP contribution in [0.4, 0.5) is 5.95 Å². The number of nitrogens with two attached hydrogens (primary N) is 1. The molecule has 0 saturated heterocycles. The normalized spacial score (nSPS) is 11.5. The molecule has 1 aromatic rings. The lowest BCUT2D eigenvalue weighted by Crippen LogP contribution is -2.04. The molecule has 10 heavy (non-hydrogen) atoms. The maximum absolute atomic E-state index is 5.27. The summed E-state index contributed by atoms with van der Waals surface area (Å²) in [6.07, 6.45) is 2.99. The second-order valence-electron chi connectivity index (χ2n) is 1.70. The van der Waals surface area contributed by atoms with E-state index in [9.17, 15) is 0 Å². The summed E-state index contributed by atoms with van der Waals surface area (Å²) < 4.78 is 0. The summed E-state index contributed by atoms with van der Waals surface area (Å²) in [4.78, 5) is 7.55. The third-order valence-corrected chi connectivity index (χ3v) is 0.747. The van der Waals surface area contributed by atoms with Crippen molar-refractivity contribution >= 4 is 11.8 Å². The Morgan fingerprint density at radius 3 is 2.90 bits per heavy atom. The van der Waals surface area contributed by atoms with E-state index in [-0.39, 0.29) is 0 Å². The van der Waals surface area contributed by atoms with Crippen LogP contribution in [0.2, 0.25) is 0 Å². The van der Waals surface area contributed by atoms with Gasteiger partial charge in [0.05, 0.1) is 18.2 Å². The summed E-state index contributed by atoms with van der Waals surface area (Å²) in [7, 11) is 0. The third-order valence-electron chi connectivity index (χ3n) is 0.747. The third kappa shape index (κ3) is 1.77. The maximum atomic E-state index is 5.27. The molecule has 1 rings (SSSR count). The quantitative estimate of drug-likeness (QED) is 0.432. The first-order valence-corrected chi connectivity index (χ1v) is 2.73. The minimum absolute atomic E-state index is 0.294. The second kappa shape index (κ2) is 2.86. The van der Waals surface area contributed by atoms with Crippen molar-refractivity contribution < 1.29 is 0 Å². The molecular formula is C5H7N5. The van der Waals surface area contributed by atoms with Crippen LogP contribution >= 0.6 is 0 Å². The smallest absolute Gasteiger partial charge is 0.270 e. The van der Waals surface area contributed by atoms with E-state index in [1.165, 1.54) is 12.4 Å². The SMILES string of the molecule is CC(N)=Nc1nccnn1.